The first-order valence-electron chi connectivity index (χ1n) is 8.59. The lowest BCUT2D eigenvalue weighted by atomic mass is 10.0. The number of amides is 1. The van der Waals surface area contributed by atoms with Crippen molar-refractivity contribution >= 4 is 18.2 Å². The Bertz CT molecular complexity index is 1060. The molecule has 1 atom stereocenters. The topological polar surface area (TPSA) is 115 Å². The van der Waals surface area contributed by atoms with E-state index in [0.717, 1.165) is 17.3 Å². The summed E-state index contributed by atoms with van der Waals surface area (Å²) in [6.07, 6.45) is 3.75. The minimum Gasteiger partial charge on any atom is -0.411 e. The maximum absolute atomic E-state index is 12.1. The molecule has 7 nitrogen and oxygen atoms in total. The minimum absolute atomic E-state index is 0.0978. The molecule has 1 heterocycles. The first-order chi connectivity index (χ1) is 14.0. The molecule has 4 N–H and O–H groups in total. The molecule has 29 heavy (non-hydrogen) atoms. The lowest BCUT2D eigenvalue weighted by molar-refractivity contribution is 0.0706. The molecule has 0 aliphatic carbocycles. The SMILES string of the molecule is C/C=C\c1nc(-c2ccc(C#CC#CC(C)O)cc2)cc(C(=O)NO)c1/C=N/O. The molecule has 1 aromatic carbocycles. The lowest BCUT2D eigenvalue weighted by Crippen LogP contribution is -2.21. The number of hydroxylamine groups is 1. The van der Waals surface area contributed by atoms with Crippen molar-refractivity contribution in [1.82, 2.24) is 10.5 Å². The van der Waals surface area contributed by atoms with Gasteiger partial charge in [-0.1, -0.05) is 35.2 Å². The van der Waals surface area contributed by atoms with Gasteiger partial charge in [0.15, 0.2) is 0 Å². The van der Waals surface area contributed by atoms with Crippen LogP contribution in [-0.2, 0) is 0 Å². The summed E-state index contributed by atoms with van der Waals surface area (Å²) in [6, 6.07) is 8.61. The van der Waals surface area contributed by atoms with Crippen LogP contribution in [0.15, 0.2) is 41.6 Å². The highest BCUT2D eigenvalue weighted by Crippen LogP contribution is 2.23. The zero-order valence-corrected chi connectivity index (χ0v) is 15.8. The number of allylic oxidation sites excluding steroid dienone is 1. The van der Waals surface area contributed by atoms with Gasteiger partial charge in [-0.3, -0.25) is 10.0 Å². The van der Waals surface area contributed by atoms with Crippen LogP contribution in [0.5, 0.6) is 0 Å². The Morgan fingerprint density at radius 2 is 2.00 bits per heavy atom. The Hall–Kier alpha value is -3.91. The Balaban J connectivity index is 2.50. The predicted molar refractivity (Wildman–Crippen MR) is 109 cm³/mol. The van der Waals surface area contributed by atoms with Gasteiger partial charge in [0.2, 0.25) is 0 Å². The molecule has 0 aliphatic heterocycles. The average Bonchev–Trinajstić information content (AvgIpc) is 2.72. The maximum Gasteiger partial charge on any atom is 0.275 e. The van der Waals surface area contributed by atoms with Crippen molar-refractivity contribution in [3.05, 3.63) is 58.8 Å². The van der Waals surface area contributed by atoms with Crippen LogP contribution in [0, 0.1) is 23.7 Å². The van der Waals surface area contributed by atoms with Crippen LogP contribution in [0.3, 0.4) is 0 Å². The summed E-state index contributed by atoms with van der Waals surface area (Å²) < 4.78 is 0. The molecule has 0 bridgehead atoms. The van der Waals surface area contributed by atoms with Gasteiger partial charge >= 0.3 is 0 Å². The van der Waals surface area contributed by atoms with Gasteiger partial charge in [0, 0.05) is 16.7 Å². The molecule has 7 heteroatoms. The number of aliphatic hydroxyl groups is 1. The van der Waals surface area contributed by atoms with E-state index < -0.39 is 12.0 Å². The molecule has 0 fully saturated rings. The van der Waals surface area contributed by atoms with E-state index in [1.165, 1.54) is 6.07 Å². The highest BCUT2D eigenvalue weighted by Gasteiger charge is 2.16. The molecule has 0 saturated heterocycles. The Morgan fingerprint density at radius 3 is 2.59 bits per heavy atom. The summed E-state index contributed by atoms with van der Waals surface area (Å²) in [7, 11) is 0. The first-order valence-corrected chi connectivity index (χ1v) is 8.59. The van der Waals surface area contributed by atoms with E-state index in [1.807, 2.05) is 0 Å². The minimum atomic E-state index is -0.756. The zero-order valence-electron chi connectivity index (χ0n) is 15.8. The number of benzene rings is 1. The molecule has 1 amide bonds. The smallest absolute Gasteiger partial charge is 0.275 e. The number of oxime groups is 1. The molecule has 0 saturated carbocycles. The second-order valence-electron chi connectivity index (χ2n) is 5.81. The Morgan fingerprint density at radius 1 is 1.28 bits per heavy atom. The molecule has 0 spiro atoms. The highest BCUT2D eigenvalue weighted by molar-refractivity contribution is 6.04. The number of aromatic nitrogens is 1. The van der Waals surface area contributed by atoms with Crippen molar-refractivity contribution in [1.29, 1.82) is 0 Å². The number of aliphatic hydroxyl groups excluding tert-OH is 1. The van der Waals surface area contributed by atoms with E-state index in [9.17, 15) is 4.79 Å². The van der Waals surface area contributed by atoms with Gasteiger partial charge in [0.25, 0.3) is 5.91 Å². The van der Waals surface area contributed by atoms with E-state index in [-0.39, 0.29) is 11.1 Å². The van der Waals surface area contributed by atoms with Crippen LogP contribution >= 0.6 is 0 Å². The highest BCUT2D eigenvalue weighted by atomic mass is 16.5. The van der Waals surface area contributed by atoms with Crippen molar-refractivity contribution in [2.45, 2.75) is 20.0 Å². The molecule has 2 aromatic rings. The van der Waals surface area contributed by atoms with Gasteiger partial charge in [0.1, 0.15) is 6.10 Å². The largest absolute Gasteiger partial charge is 0.411 e. The summed E-state index contributed by atoms with van der Waals surface area (Å²) in [5, 5.41) is 30.0. The third kappa shape index (κ3) is 5.78. The van der Waals surface area contributed by atoms with Gasteiger partial charge in [-0.25, -0.2) is 10.5 Å². The van der Waals surface area contributed by atoms with E-state index in [1.54, 1.807) is 55.7 Å². The van der Waals surface area contributed by atoms with E-state index in [0.29, 0.717) is 11.4 Å². The average molecular weight is 389 g/mol. The fourth-order valence-corrected chi connectivity index (χ4v) is 2.42. The van der Waals surface area contributed by atoms with E-state index in [2.05, 4.69) is 33.8 Å². The van der Waals surface area contributed by atoms with Crippen LogP contribution in [0.25, 0.3) is 17.3 Å². The Kier molecular flexibility index (Phi) is 7.69. The monoisotopic (exact) mass is 389 g/mol. The number of nitrogens with zero attached hydrogens (tertiary/aromatic N) is 2. The third-order valence-electron chi connectivity index (χ3n) is 3.68. The van der Waals surface area contributed by atoms with Crippen LogP contribution in [0.1, 0.15) is 41.0 Å². The molecule has 1 unspecified atom stereocenters. The fraction of sp³-hybridized carbons (Fsp3) is 0.136. The number of hydrogen-bond donors (Lipinski definition) is 4. The summed E-state index contributed by atoms with van der Waals surface area (Å²) in [5.41, 5.74) is 4.28. The van der Waals surface area contributed by atoms with Crippen molar-refractivity contribution in [3.63, 3.8) is 0 Å². The van der Waals surface area contributed by atoms with Crippen LogP contribution in [0.2, 0.25) is 0 Å². The maximum atomic E-state index is 12.1. The lowest BCUT2D eigenvalue weighted by Gasteiger charge is -2.11. The van der Waals surface area contributed by atoms with Gasteiger partial charge in [-0.2, -0.15) is 0 Å². The summed E-state index contributed by atoms with van der Waals surface area (Å²) in [4.78, 5) is 16.6. The van der Waals surface area contributed by atoms with Gasteiger partial charge in [-0.15, -0.1) is 0 Å². The van der Waals surface area contributed by atoms with E-state index >= 15 is 0 Å². The third-order valence-corrected chi connectivity index (χ3v) is 3.68. The first kappa shape index (κ1) is 21.4. The molecule has 1 aromatic heterocycles. The summed E-state index contributed by atoms with van der Waals surface area (Å²) >= 11 is 0. The van der Waals surface area contributed by atoms with Gasteiger partial charge < -0.3 is 10.3 Å². The molecule has 2 rings (SSSR count). The van der Waals surface area contributed by atoms with Gasteiger partial charge in [-0.05, 0) is 50.0 Å². The predicted octanol–water partition coefficient (Wildman–Crippen LogP) is 2.44. The van der Waals surface area contributed by atoms with Crippen LogP contribution in [-0.4, -0.2) is 38.7 Å². The van der Waals surface area contributed by atoms with Crippen molar-refractivity contribution in [3.8, 4) is 34.9 Å². The second-order valence-corrected chi connectivity index (χ2v) is 5.81. The number of carbonyl (C=O) groups is 1. The normalized spacial score (nSPS) is 11.4. The quantitative estimate of drug-likeness (QED) is 0.211. The van der Waals surface area contributed by atoms with E-state index in [4.69, 9.17) is 15.5 Å². The molecular weight excluding hydrogens is 370 g/mol. The zero-order chi connectivity index (χ0) is 21.2. The van der Waals surface area contributed by atoms with Crippen molar-refractivity contribution in [2.24, 2.45) is 5.16 Å². The number of rotatable bonds is 4. The molecule has 0 aliphatic rings. The summed E-state index contributed by atoms with van der Waals surface area (Å²) in [5.74, 6) is 9.87. The number of carbonyl (C=O) groups excluding carboxylic acids is 1. The van der Waals surface area contributed by atoms with Crippen LogP contribution in [0.4, 0.5) is 0 Å². The fourth-order valence-electron chi connectivity index (χ4n) is 2.42. The Labute approximate surface area is 168 Å². The van der Waals surface area contributed by atoms with Gasteiger partial charge in [0.05, 0.1) is 23.2 Å². The number of hydrogen-bond acceptors (Lipinski definition) is 6. The molecular formula is C22H19N3O4. The standard InChI is InChI=1S/C22H19N3O4/c1-3-6-20-19(14-23-28)18(22(27)25-29)13-21(24-20)17-11-9-16(10-12-17)8-5-4-7-15(2)26/h3,6,9-15,26,28-29H,1-2H3,(H,25,27)/b6-3-,23-14+. The molecule has 0 radical (unpaired) electrons. The van der Waals surface area contributed by atoms with Crippen LogP contribution < -0.4 is 5.48 Å². The number of nitrogens with one attached hydrogen (secondary N) is 1. The number of pyridine rings is 1. The second kappa shape index (κ2) is 10.4. The van der Waals surface area contributed by atoms with Crippen molar-refractivity contribution in [2.75, 3.05) is 0 Å². The summed E-state index contributed by atoms with van der Waals surface area (Å²) in [6.45, 7) is 3.34. The van der Waals surface area contributed by atoms with Crippen molar-refractivity contribution < 1.29 is 20.3 Å². The molecule has 146 valence electrons.